The molecule has 7 rings (SSSR count). The lowest BCUT2D eigenvalue weighted by atomic mass is 9.80. The Morgan fingerprint density at radius 2 is 1.93 bits per heavy atom. The molecule has 1 atom stereocenters. The van der Waals surface area contributed by atoms with E-state index < -0.39 is 0 Å². The average molecular weight is 543 g/mol. The Hall–Kier alpha value is -4.96. The van der Waals surface area contributed by atoms with Crippen molar-refractivity contribution in [3.05, 3.63) is 91.2 Å². The zero-order valence-corrected chi connectivity index (χ0v) is 22.9. The van der Waals surface area contributed by atoms with Crippen LogP contribution in [0.15, 0.2) is 85.6 Å². The van der Waals surface area contributed by atoms with Crippen LogP contribution in [0.5, 0.6) is 0 Å². The van der Waals surface area contributed by atoms with Gasteiger partial charge in [0.1, 0.15) is 18.0 Å². The maximum Gasteiger partial charge on any atom is 0.248 e. The third-order valence-electron chi connectivity index (χ3n) is 7.68. The lowest BCUT2D eigenvalue weighted by Crippen LogP contribution is -2.49. The molecule has 5 heterocycles. The van der Waals surface area contributed by atoms with Gasteiger partial charge in [-0.15, -0.1) is 5.10 Å². The summed E-state index contributed by atoms with van der Waals surface area (Å²) in [6.45, 7) is 6.48. The van der Waals surface area contributed by atoms with Crippen LogP contribution in [0.1, 0.15) is 25.8 Å². The molecule has 1 aliphatic heterocycles. The molecule has 5 aromatic rings. The molecule has 2 aliphatic rings. The molecule has 0 spiro atoms. The minimum absolute atomic E-state index is 0.0580. The quantitative estimate of drug-likeness (QED) is 0.256. The number of allylic oxidation sites excluding steroid dienone is 4. The number of pyridine rings is 2. The molecule has 1 fully saturated rings. The van der Waals surface area contributed by atoms with Gasteiger partial charge in [-0.3, -0.25) is 4.98 Å². The van der Waals surface area contributed by atoms with Crippen molar-refractivity contribution >= 4 is 34.1 Å². The third-order valence-corrected chi connectivity index (χ3v) is 7.68. The normalized spacial score (nSPS) is 17.6. The van der Waals surface area contributed by atoms with Crippen molar-refractivity contribution in [1.29, 1.82) is 0 Å². The zero-order valence-electron chi connectivity index (χ0n) is 22.9. The molecule has 204 valence electrons. The lowest BCUT2D eigenvalue weighted by Gasteiger charge is -2.40. The molecule has 0 radical (unpaired) electrons. The number of aromatic nitrogens is 7. The number of nitrogens with one attached hydrogen (secondary N) is 3. The number of piperidine rings is 1. The number of nitrogens with zero attached hydrogens (tertiary/aromatic N) is 7. The summed E-state index contributed by atoms with van der Waals surface area (Å²) in [5.74, 6) is 2.46. The van der Waals surface area contributed by atoms with Crippen LogP contribution < -0.4 is 16.0 Å². The van der Waals surface area contributed by atoms with Gasteiger partial charge in [-0.05, 0) is 48.2 Å². The first-order valence-corrected chi connectivity index (χ1v) is 13.8. The molecule has 10 heteroatoms. The standard InChI is InChI=1S/C31H30N10/c1-31(2)18-32-13-12-25(31)37-29-27-23(20-7-6-8-20)16-33-17-24(27)36-28(39-29)21-11-14-34-26(15-21)38-30-35-19-41(40-30)22-9-4-3-5-10-22/h3-11,14-17,19,25,32H,12-13,18H2,1-2H3,(H,34,38,40)(H,36,37,39)/t25-/m0/s1. The van der Waals surface area contributed by atoms with E-state index in [-0.39, 0.29) is 11.5 Å². The van der Waals surface area contributed by atoms with E-state index in [0.717, 1.165) is 58.6 Å². The van der Waals surface area contributed by atoms with Gasteiger partial charge in [0, 0.05) is 36.1 Å². The van der Waals surface area contributed by atoms with Crippen LogP contribution in [0.3, 0.4) is 0 Å². The predicted molar refractivity (Wildman–Crippen MR) is 161 cm³/mol. The van der Waals surface area contributed by atoms with E-state index in [2.05, 4.69) is 62.0 Å². The van der Waals surface area contributed by atoms with E-state index in [1.165, 1.54) is 0 Å². The van der Waals surface area contributed by atoms with Gasteiger partial charge in [0.15, 0.2) is 5.82 Å². The summed E-state index contributed by atoms with van der Waals surface area (Å²) in [4.78, 5) is 23.5. The summed E-state index contributed by atoms with van der Waals surface area (Å²) in [7, 11) is 0. The monoisotopic (exact) mass is 542 g/mol. The third kappa shape index (κ3) is 4.93. The fraction of sp³-hybridized carbons (Fsp3) is 0.226. The summed E-state index contributed by atoms with van der Waals surface area (Å²) in [5.41, 5.74) is 4.76. The molecule has 1 aliphatic carbocycles. The maximum atomic E-state index is 5.11. The van der Waals surface area contributed by atoms with Crippen LogP contribution >= 0.6 is 0 Å². The van der Waals surface area contributed by atoms with Crippen molar-refractivity contribution < 1.29 is 0 Å². The van der Waals surface area contributed by atoms with E-state index in [1.807, 2.05) is 60.9 Å². The number of benzene rings is 1. The molecule has 0 bridgehead atoms. The maximum absolute atomic E-state index is 5.11. The predicted octanol–water partition coefficient (Wildman–Crippen LogP) is 5.16. The zero-order chi connectivity index (χ0) is 27.8. The van der Waals surface area contributed by atoms with Crippen LogP contribution in [0, 0.1) is 5.41 Å². The van der Waals surface area contributed by atoms with Crippen LogP contribution in [0.2, 0.25) is 0 Å². The number of hydrogen-bond donors (Lipinski definition) is 3. The first-order chi connectivity index (χ1) is 20.0. The van der Waals surface area contributed by atoms with Gasteiger partial charge in [-0.2, -0.15) is 4.98 Å². The van der Waals surface area contributed by atoms with Crippen molar-refractivity contribution in [3.63, 3.8) is 0 Å². The van der Waals surface area contributed by atoms with Crippen molar-refractivity contribution in [1.82, 2.24) is 40.0 Å². The lowest BCUT2D eigenvalue weighted by molar-refractivity contribution is 0.236. The highest BCUT2D eigenvalue weighted by atomic mass is 15.4. The fourth-order valence-electron chi connectivity index (χ4n) is 5.29. The fourth-order valence-corrected chi connectivity index (χ4v) is 5.29. The molecular formula is C31H30N10. The molecule has 1 aromatic carbocycles. The first-order valence-electron chi connectivity index (χ1n) is 13.8. The summed E-state index contributed by atoms with van der Waals surface area (Å²) >= 11 is 0. The molecule has 1 saturated heterocycles. The van der Waals surface area contributed by atoms with Gasteiger partial charge in [0.2, 0.25) is 5.95 Å². The Morgan fingerprint density at radius 3 is 2.73 bits per heavy atom. The molecular weight excluding hydrogens is 512 g/mol. The summed E-state index contributed by atoms with van der Waals surface area (Å²) in [6.07, 6.45) is 14.3. The average Bonchev–Trinajstić information content (AvgIpc) is 3.42. The topological polar surface area (TPSA) is 118 Å². The highest BCUT2D eigenvalue weighted by Crippen LogP contribution is 2.36. The van der Waals surface area contributed by atoms with E-state index in [0.29, 0.717) is 17.6 Å². The first kappa shape index (κ1) is 25.0. The van der Waals surface area contributed by atoms with Gasteiger partial charge in [-0.25, -0.2) is 19.6 Å². The van der Waals surface area contributed by atoms with Crippen LogP contribution in [-0.4, -0.2) is 53.8 Å². The Kier molecular flexibility index (Phi) is 6.24. The SMILES string of the molecule is CC1(C)CNCC[C@@H]1Nc1nc(-c2ccnc(Nc3ncn(-c4ccccc4)n3)c2)nc2cncc(C3=CC=C3)c12. The van der Waals surface area contributed by atoms with E-state index in [1.54, 1.807) is 17.2 Å². The minimum Gasteiger partial charge on any atom is -0.366 e. The number of anilines is 3. The van der Waals surface area contributed by atoms with Gasteiger partial charge in [-0.1, -0.05) is 50.3 Å². The van der Waals surface area contributed by atoms with E-state index in [4.69, 9.17) is 9.97 Å². The second kappa shape index (κ2) is 10.2. The smallest absolute Gasteiger partial charge is 0.248 e. The number of hydrogen-bond acceptors (Lipinski definition) is 9. The summed E-state index contributed by atoms with van der Waals surface area (Å²) in [6, 6.07) is 13.9. The molecule has 41 heavy (non-hydrogen) atoms. The van der Waals surface area contributed by atoms with Crippen LogP contribution in [0.4, 0.5) is 17.6 Å². The van der Waals surface area contributed by atoms with E-state index in [9.17, 15) is 0 Å². The second-order valence-corrected chi connectivity index (χ2v) is 11.0. The van der Waals surface area contributed by atoms with Crippen LogP contribution in [-0.2, 0) is 0 Å². The molecule has 0 saturated carbocycles. The van der Waals surface area contributed by atoms with Crippen molar-refractivity contribution in [2.45, 2.75) is 26.3 Å². The van der Waals surface area contributed by atoms with Gasteiger partial charge in [0.25, 0.3) is 0 Å². The summed E-state index contributed by atoms with van der Waals surface area (Å²) in [5, 5.41) is 16.1. The Bertz CT molecular complexity index is 1790. The van der Waals surface area contributed by atoms with Gasteiger partial charge < -0.3 is 16.0 Å². The second-order valence-electron chi connectivity index (χ2n) is 11.0. The van der Waals surface area contributed by atoms with E-state index >= 15 is 0 Å². The van der Waals surface area contributed by atoms with Crippen LogP contribution in [0.25, 0.3) is 33.6 Å². The molecule has 10 nitrogen and oxygen atoms in total. The molecule has 0 amide bonds. The molecule has 3 N–H and O–H groups in total. The molecule has 4 aromatic heterocycles. The number of rotatable bonds is 7. The highest BCUT2D eigenvalue weighted by Gasteiger charge is 2.33. The van der Waals surface area contributed by atoms with Gasteiger partial charge >= 0.3 is 0 Å². The Balaban J connectivity index is 1.25. The van der Waals surface area contributed by atoms with Crippen molar-refractivity contribution in [3.8, 4) is 17.1 Å². The number of para-hydroxylation sites is 1. The highest BCUT2D eigenvalue weighted by molar-refractivity contribution is 6.02. The van der Waals surface area contributed by atoms with Crippen molar-refractivity contribution in [2.75, 3.05) is 23.7 Å². The molecule has 0 unspecified atom stereocenters. The summed E-state index contributed by atoms with van der Waals surface area (Å²) < 4.78 is 1.72. The Labute approximate surface area is 237 Å². The minimum atomic E-state index is 0.0580. The largest absolute Gasteiger partial charge is 0.366 e. The number of fused-ring (bicyclic) bond motifs is 1. The Morgan fingerprint density at radius 1 is 1.05 bits per heavy atom. The van der Waals surface area contributed by atoms with Crippen molar-refractivity contribution in [2.24, 2.45) is 5.41 Å². The van der Waals surface area contributed by atoms with Gasteiger partial charge in [0.05, 0.1) is 22.8 Å².